The second-order valence-corrected chi connectivity index (χ2v) is 8.08. The summed E-state index contributed by atoms with van der Waals surface area (Å²) in [6, 6.07) is 10.3. The van der Waals surface area contributed by atoms with E-state index in [0.717, 1.165) is 45.7 Å². The zero-order valence-electron chi connectivity index (χ0n) is 15.6. The van der Waals surface area contributed by atoms with Crippen molar-refractivity contribution in [2.45, 2.75) is 43.7 Å². The van der Waals surface area contributed by atoms with Crippen molar-refractivity contribution in [2.75, 3.05) is 39.5 Å². The predicted molar refractivity (Wildman–Crippen MR) is 99.9 cm³/mol. The smallest absolute Gasteiger partial charge is 0.223 e. The van der Waals surface area contributed by atoms with Crippen LogP contribution in [0, 0.1) is 5.92 Å². The lowest BCUT2D eigenvalue weighted by Crippen LogP contribution is -2.85. The molecule has 2 atom stereocenters. The van der Waals surface area contributed by atoms with Crippen molar-refractivity contribution in [3.8, 4) is 0 Å². The molecular weight excluding hydrogens is 328 g/mol. The maximum absolute atomic E-state index is 12.6. The van der Waals surface area contributed by atoms with Crippen LogP contribution in [-0.2, 0) is 9.53 Å². The fourth-order valence-electron chi connectivity index (χ4n) is 5.39. The number of benzene rings is 1. The van der Waals surface area contributed by atoms with Gasteiger partial charge in [-0.05, 0) is 24.3 Å². The zero-order chi connectivity index (χ0) is 18.1. The van der Waals surface area contributed by atoms with Crippen LogP contribution in [0.4, 0.5) is 0 Å². The minimum absolute atomic E-state index is 0.0347. The van der Waals surface area contributed by atoms with Gasteiger partial charge in [-0.15, -0.1) is 0 Å². The van der Waals surface area contributed by atoms with Crippen molar-refractivity contribution in [1.82, 2.24) is 9.80 Å². The van der Waals surface area contributed by atoms with Gasteiger partial charge in [-0.3, -0.25) is 9.69 Å². The molecule has 3 aliphatic heterocycles. The molecule has 3 fully saturated rings. The highest BCUT2D eigenvalue weighted by molar-refractivity contribution is 5.79. The molecule has 3 aliphatic rings. The summed E-state index contributed by atoms with van der Waals surface area (Å²) >= 11 is 0. The number of carbonyl (C=O) groups excluding carboxylic acids is 1. The van der Waals surface area contributed by atoms with Crippen LogP contribution in [0.15, 0.2) is 30.3 Å². The number of aliphatic hydroxyl groups is 1. The Hall–Kier alpha value is -1.43. The van der Waals surface area contributed by atoms with E-state index in [0.29, 0.717) is 12.3 Å². The molecule has 0 saturated carbocycles. The standard InChI is InChI=1S/C21H30N2O3/c1-2-19(25)23-18(13-24)20(17-6-4-3-5-7-17)21(23)14-22(15-21)12-16-8-10-26-11-9-16/h3-7,16,18,20,24H,2,8-15H2,1H3/t18-,20-/m1/s1. The van der Waals surface area contributed by atoms with Crippen LogP contribution in [0.3, 0.4) is 0 Å². The SMILES string of the molecule is CCC(=O)N1[C@H](CO)[C@@H](c2ccccc2)C12CN(CC1CCOCC1)C2. The van der Waals surface area contributed by atoms with Gasteiger partial charge in [0.15, 0.2) is 0 Å². The normalized spacial score (nSPS) is 28.6. The molecule has 142 valence electrons. The first kappa shape index (κ1) is 18.0. The summed E-state index contributed by atoms with van der Waals surface area (Å²) in [6.07, 6.45) is 2.78. The molecule has 1 N–H and O–H groups in total. The van der Waals surface area contributed by atoms with Crippen LogP contribution in [0.2, 0.25) is 0 Å². The number of nitrogens with zero attached hydrogens (tertiary/aromatic N) is 2. The molecule has 1 amide bonds. The predicted octanol–water partition coefficient (Wildman–Crippen LogP) is 1.86. The third-order valence-electron chi connectivity index (χ3n) is 6.54. The van der Waals surface area contributed by atoms with Gasteiger partial charge in [0.25, 0.3) is 0 Å². The van der Waals surface area contributed by atoms with E-state index < -0.39 is 0 Å². The number of hydrogen-bond donors (Lipinski definition) is 1. The number of ether oxygens (including phenoxy) is 1. The average molecular weight is 358 g/mol. The number of amides is 1. The number of likely N-dealkylation sites (tertiary alicyclic amines) is 2. The molecule has 0 unspecified atom stereocenters. The van der Waals surface area contributed by atoms with Gasteiger partial charge in [-0.1, -0.05) is 37.3 Å². The lowest BCUT2D eigenvalue weighted by Gasteiger charge is -2.71. The van der Waals surface area contributed by atoms with Crippen molar-refractivity contribution in [3.05, 3.63) is 35.9 Å². The molecule has 1 aromatic rings. The van der Waals surface area contributed by atoms with Crippen LogP contribution < -0.4 is 0 Å². The Balaban J connectivity index is 1.52. The van der Waals surface area contributed by atoms with Crippen LogP contribution in [0.25, 0.3) is 0 Å². The van der Waals surface area contributed by atoms with E-state index in [2.05, 4.69) is 29.2 Å². The maximum Gasteiger partial charge on any atom is 0.223 e. The Morgan fingerprint density at radius 3 is 2.54 bits per heavy atom. The molecule has 3 saturated heterocycles. The van der Waals surface area contributed by atoms with E-state index >= 15 is 0 Å². The molecule has 26 heavy (non-hydrogen) atoms. The number of hydrogen-bond acceptors (Lipinski definition) is 4. The molecule has 4 rings (SSSR count). The summed E-state index contributed by atoms with van der Waals surface area (Å²) in [4.78, 5) is 17.1. The largest absolute Gasteiger partial charge is 0.394 e. The van der Waals surface area contributed by atoms with Gasteiger partial charge in [0.05, 0.1) is 18.2 Å². The second kappa shape index (κ2) is 7.29. The first-order valence-electron chi connectivity index (χ1n) is 9.97. The maximum atomic E-state index is 12.6. The van der Waals surface area contributed by atoms with Gasteiger partial charge >= 0.3 is 0 Å². The quantitative estimate of drug-likeness (QED) is 0.873. The third-order valence-corrected chi connectivity index (χ3v) is 6.54. The first-order chi connectivity index (χ1) is 12.7. The van der Waals surface area contributed by atoms with E-state index in [-0.39, 0.29) is 30.0 Å². The Kier molecular flexibility index (Phi) is 5.04. The van der Waals surface area contributed by atoms with Crippen molar-refractivity contribution in [3.63, 3.8) is 0 Å². The van der Waals surface area contributed by atoms with Crippen LogP contribution in [0.1, 0.15) is 37.7 Å². The number of carbonyl (C=O) groups is 1. The Morgan fingerprint density at radius 1 is 1.23 bits per heavy atom. The van der Waals surface area contributed by atoms with Gasteiger partial charge in [0.1, 0.15) is 0 Å². The monoisotopic (exact) mass is 358 g/mol. The highest BCUT2D eigenvalue weighted by Crippen LogP contribution is 2.54. The molecule has 3 heterocycles. The summed E-state index contributed by atoms with van der Waals surface area (Å²) in [5.74, 6) is 1.11. The molecule has 0 radical (unpaired) electrons. The second-order valence-electron chi connectivity index (χ2n) is 8.08. The summed E-state index contributed by atoms with van der Waals surface area (Å²) in [5, 5.41) is 9.99. The summed E-state index contributed by atoms with van der Waals surface area (Å²) in [7, 11) is 0. The third kappa shape index (κ3) is 2.86. The molecular formula is C21H30N2O3. The van der Waals surface area contributed by atoms with Crippen molar-refractivity contribution in [2.24, 2.45) is 5.92 Å². The van der Waals surface area contributed by atoms with Gasteiger partial charge in [0.2, 0.25) is 5.91 Å². The summed E-state index contributed by atoms with van der Waals surface area (Å²) in [5.41, 5.74) is 1.12. The topological polar surface area (TPSA) is 53.0 Å². The Morgan fingerprint density at radius 2 is 1.92 bits per heavy atom. The van der Waals surface area contributed by atoms with E-state index in [1.807, 2.05) is 17.9 Å². The minimum Gasteiger partial charge on any atom is -0.394 e. The molecule has 0 aromatic heterocycles. The molecule has 0 aliphatic carbocycles. The van der Waals surface area contributed by atoms with Crippen molar-refractivity contribution < 1.29 is 14.6 Å². The number of aliphatic hydroxyl groups excluding tert-OH is 1. The zero-order valence-corrected chi connectivity index (χ0v) is 15.6. The molecule has 5 heteroatoms. The molecule has 0 bridgehead atoms. The first-order valence-corrected chi connectivity index (χ1v) is 9.97. The molecule has 1 spiro atoms. The molecule has 1 aromatic carbocycles. The van der Waals surface area contributed by atoms with Gasteiger partial charge < -0.3 is 14.7 Å². The van der Waals surface area contributed by atoms with Crippen LogP contribution in [-0.4, -0.2) is 71.8 Å². The minimum atomic E-state index is -0.132. The Labute approximate surface area is 155 Å². The lowest BCUT2D eigenvalue weighted by atomic mass is 9.60. The van der Waals surface area contributed by atoms with Gasteiger partial charge in [-0.2, -0.15) is 0 Å². The van der Waals surface area contributed by atoms with E-state index in [1.54, 1.807) is 0 Å². The number of rotatable bonds is 5. The summed E-state index contributed by atoms with van der Waals surface area (Å²) < 4.78 is 5.47. The molecule has 5 nitrogen and oxygen atoms in total. The summed E-state index contributed by atoms with van der Waals surface area (Å²) in [6.45, 7) is 6.65. The van der Waals surface area contributed by atoms with Crippen LogP contribution in [0.5, 0.6) is 0 Å². The fourth-order valence-corrected chi connectivity index (χ4v) is 5.39. The van der Waals surface area contributed by atoms with E-state index in [4.69, 9.17) is 4.74 Å². The van der Waals surface area contributed by atoms with Crippen molar-refractivity contribution >= 4 is 5.91 Å². The highest BCUT2D eigenvalue weighted by atomic mass is 16.5. The lowest BCUT2D eigenvalue weighted by molar-refractivity contribution is -0.201. The average Bonchev–Trinajstić information content (AvgIpc) is 2.64. The fraction of sp³-hybridized carbons (Fsp3) is 0.667. The van der Waals surface area contributed by atoms with Crippen molar-refractivity contribution in [1.29, 1.82) is 0 Å². The van der Waals surface area contributed by atoms with E-state index in [1.165, 1.54) is 5.56 Å². The highest BCUT2D eigenvalue weighted by Gasteiger charge is 2.66. The van der Waals surface area contributed by atoms with Gasteiger partial charge in [0, 0.05) is 45.2 Å². The van der Waals surface area contributed by atoms with E-state index in [9.17, 15) is 9.90 Å². The van der Waals surface area contributed by atoms with Gasteiger partial charge in [-0.25, -0.2) is 0 Å². The van der Waals surface area contributed by atoms with Crippen LogP contribution >= 0.6 is 0 Å². The Bertz CT molecular complexity index is 623.